The van der Waals surface area contributed by atoms with Crippen LogP contribution in [0.2, 0.25) is 0 Å². The summed E-state index contributed by atoms with van der Waals surface area (Å²) >= 11 is 3.56. The van der Waals surface area contributed by atoms with E-state index < -0.39 is 0 Å². The van der Waals surface area contributed by atoms with E-state index in [9.17, 15) is 0 Å². The minimum absolute atomic E-state index is 0.363. The molecule has 0 radical (unpaired) electrons. The largest absolute Gasteiger partial charge is 0.382 e. The van der Waals surface area contributed by atoms with Crippen LogP contribution in [-0.2, 0) is 4.74 Å². The molecule has 0 aliphatic carbocycles. The molecular weight excluding hydrogens is 294 g/mol. The SMILES string of the molecule is CCOCCCNCC(C)n1nc(C)c(Br)c1C. The topological polar surface area (TPSA) is 39.1 Å². The Kier molecular flexibility index (Phi) is 6.89. The Balaban J connectivity index is 2.32. The fourth-order valence-corrected chi connectivity index (χ4v) is 2.17. The van der Waals surface area contributed by atoms with Gasteiger partial charge in [-0.25, -0.2) is 0 Å². The highest BCUT2D eigenvalue weighted by molar-refractivity contribution is 9.10. The Hall–Kier alpha value is -0.390. The first kappa shape index (κ1) is 15.7. The molecule has 0 aliphatic rings. The van der Waals surface area contributed by atoms with Gasteiger partial charge in [0.25, 0.3) is 0 Å². The number of halogens is 1. The molecule has 1 N–H and O–H groups in total. The zero-order valence-corrected chi connectivity index (χ0v) is 13.4. The molecule has 0 bridgehead atoms. The molecule has 0 amide bonds. The van der Waals surface area contributed by atoms with Gasteiger partial charge in [0.05, 0.1) is 21.9 Å². The number of rotatable bonds is 8. The molecule has 0 saturated heterocycles. The molecule has 18 heavy (non-hydrogen) atoms. The van der Waals surface area contributed by atoms with Crippen molar-refractivity contribution in [3.8, 4) is 0 Å². The van der Waals surface area contributed by atoms with Gasteiger partial charge >= 0.3 is 0 Å². The van der Waals surface area contributed by atoms with Crippen molar-refractivity contribution in [3.63, 3.8) is 0 Å². The molecule has 4 nitrogen and oxygen atoms in total. The van der Waals surface area contributed by atoms with E-state index in [0.717, 1.165) is 42.9 Å². The first-order chi connectivity index (χ1) is 8.57. The standard InChI is InChI=1S/C13H24BrN3O/c1-5-18-8-6-7-15-9-10(2)17-12(4)13(14)11(3)16-17/h10,15H,5-9H2,1-4H3. The van der Waals surface area contributed by atoms with Crippen molar-refractivity contribution in [2.75, 3.05) is 26.3 Å². The summed E-state index contributed by atoms with van der Waals surface area (Å²) in [5.74, 6) is 0. The molecular formula is C13H24BrN3O. The molecule has 0 spiro atoms. The molecule has 1 unspecified atom stereocenters. The van der Waals surface area contributed by atoms with Gasteiger partial charge in [-0.2, -0.15) is 5.10 Å². The zero-order valence-electron chi connectivity index (χ0n) is 11.8. The summed E-state index contributed by atoms with van der Waals surface area (Å²) in [5, 5.41) is 7.99. The first-order valence-corrected chi connectivity index (χ1v) is 7.36. The monoisotopic (exact) mass is 317 g/mol. The first-order valence-electron chi connectivity index (χ1n) is 6.57. The molecule has 0 aliphatic heterocycles. The van der Waals surface area contributed by atoms with Gasteiger partial charge in [-0.15, -0.1) is 0 Å². The molecule has 0 saturated carbocycles. The third-order valence-electron chi connectivity index (χ3n) is 2.94. The molecule has 1 atom stereocenters. The van der Waals surface area contributed by atoms with Gasteiger partial charge < -0.3 is 10.1 Å². The van der Waals surface area contributed by atoms with Gasteiger partial charge in [0, 0.05) is 19.8 Å². The lowest BCUT2D eigenvalue weighted by atomic mass is 10.3. The van der Waals surface area contributed by atoms with Crippen LogP contribution in [0.3, 0.4) is 0 Å². The number of nitrogens with one attached hydrogen (secondary N) is 1. The maximum atomic E-state index is 5.30. The highest BCUT2D eigenvalue weighted by Crippen LogP contribution is 2.22. The third-order valence-corrected chi connectivity index (χ3v) is 4.09. The van der Waals surface area contributed by atoms with Crippen molar-refractivity contribution < 1.29 is 4.74 Å². The highest BCUT2D eigenvalue weighted by Gasteiger charge is 2.13. The summed E-state index contributed by atoms with van der Waals surface area (Å²) in [6, 6.07) is 0.363. The van der Waals surface area contributed by atoms with E-state index in [4.69, 9.17) is 4.74 Å². The summed E-state index contributed by atoms with van der Waals surface area (Å²) in [6.45, 7) is 11.9. The van der Waals surface area contributed by atoms with Gasteiger partial charge in [0.15, 0.2) is 0 Å². The van der Waals surface area contributed by atoms with E-state index in [1.807, 2.05) is 13.8 Å². The predicted octanol–water partition coefficient (Wildman–Crippen LogP) is 2.84. The molecule has 1 heterocycles. The van der Waals surface area contributed by atoms with Gasteiger partial charge in [-0.05, 0) is 56.6 Å². The summed E-state index contributed by atoms with van der Waals surface area (Å²) in [4.78, 5) is 0. The van der Waals surface area contributed by atoms with Crippen molar-refractivity contribution in [3.05, 3.63) is 15.9 Å². The van der Waals surface area contributed by atoms with Crippen LogP contribution < -0.4 is 5.32 Å². The van der Waals surface area contributed by atoms with Crippen LogP contribution >= 0.6 is 15.9 Å². The van der Waals surface area contributed by atoms with Crippen LogP contribution in [0.1, 0.15) is 37.7 Å². The smallest absolute Gasteiger partial charge is 0.0738 e. The fourth-order valence-electron chi connectivity index (χ4n) is 1.91. The van der Waals surface area contributed by atoms with Gasteiger partial charge in [-0.3, -0.25) is 4.68 Å². The molecule has 0 fully saturated rings. The van der Waals surface area contributed by atoms with E-state index >= 15 is 0 Å². The van der Waals surface area contributed by atoms with Gasteiger partial charge in [-0.1, -0.05) is 0 Å². The van der Waals surface area contributed by atoms with Crippen molar-refractivity contribution >= 4 is 15.9 Å². The average molecular weight is 318 g/mol. The lowest BCUT2D eigenvalue weighted by Gasteiger charge is -2.15. The van der Waals surface area contributed by atoms with E-state index in [1.165, 1.54) is 5.69 Å². The van der Waals surface area contributed by atoms with Crippen LogP contribution in [0.15, 0.2) is 4.47 Å². The van der Waals surface area contributed by atoms with Crippen molar-refractivity contribution in [2.24, 2.45) is 0 Å². The lowest BCUT2D eigenvalue weighted by molar-refractivity contribution is 0.144. The molecule has 5 heteroatoms. The van der Waals surface area contributed by atoms with Crippen molar-refractivity contribution in [1.29, 1.82) is 0 Å². The maximum absolute atomic E-state index is 5.30. The normalized spacial score (nSPS) is 12.9. The van der Waals surface area contributed by atoms with E-state index in [0.29, 0.717) is 6.04 Å². The van der Waals surface area contributed by atoms with Gasteiger partial charge in [0.2, 0.25) is 0 Å². The van der Waals surface area contributed by atoms with E-state index in [-0.39, 0.29) is 0 Å². The Bertz CT molecular complexity index is 365. The number of hydrogen-bond donors (Lipinski definition) is 1. The summed E-state index contributed by atoms with van der Waals surface area (Å²) in [6.07, 6.45) is 1.06. The molecule has 1 aromatic rings. The second kappa shape index (κ2) is 7.92. The average Bonchev–Trinajstić information content (AvgIpc) is 2.61. The zero-order chi connectivity index (χ0) is 13.5. The Labute approximate surface area is 118 Å². The van der Waals surface area contributed by atoms with E-state index in [2.05, 4.69) is 44.9 Å². The third kappa shape index (κ3) is 4.37. The van der Waals surface area contributed by atoms with Crippen LogP contribution in [0, 0.1) is 13.8 Å². The van der Waals surface area contributed by atoms with Crippen LogP contribution in [0.5, 0.6) is 0 Å². The summed E-state index contributed by atoms with van der Waals surface area (Å²) < 4.78 is 8.49. The minimum atomic E-state index is 0.363. The number of aryl methyl sites for hydroxylation is 1. The van der Waals surface area contributed by atoms with Crippen molar-refractivity contribution in [1.82, 2.24) is 15.1 Å². The quantitative estimate of drug-likeness (QED) is 0.749. The molecule has 104 valence electrons. The van der Waals surface area contributed by atoms with E-state index in [1.54, 1.807) is 0 Å². The second-order valence-electron chi connectivity index (χ2n) is 4.53. The molecule has 0 aromatic carbocycles. The Morgan fingerprint density at radius 3 is 2.72 bits per heavy atom. The highest BCUT2D eigenvalue weighted by atomic mass is 79.9. The molecule has 1 rings (SSSR count). The lowest BCUT2D eigenvalue weighted by Crippen LogP contribution is -2.26. The Morgan fingerprint density at radius 1 is 1.44 bits per heavy atom. The van der Waals surface area contributed by atoms with Crippen LogP contribution in [0.4, 0.5) is 0 Å². The van der Waals surface area contributed by atoms with Crippen LogP contribution in [0.25, 0.3) is 0 Å². The maximum Gasteiger partial charge on any atom is 0.0738 e. The number of nitrogens with zero attached hydrogens (tertiary/aromatic N) is 2. The number of aromatic nitrogens is 2. The number of ether oxygens (including phenoxy) is 1. The van der Waals surface area contributed by atoms with Gasteiger partial charge in [0.1, 0.15) is 0 Å². The Morgan fingerprint density at radius 2 is 2.17 bits per heavy atom. The fraction of sp³-hybridized carbons (Fsp3) is 0.769. The van der Waals surface area contributed by atoms with Crippen molar-refractivity contribution in [2.45, 2.75) is 40.2 Å². The summed E-state index contributed by atoms with van der Waals surface area (Å²) in [7, 11) is 0. The van der Waals surface area contributed by atoms with Crippen LogP contribution in [-0.4, -0.2) is 36.1 Å². The predicted molar refractivity (Wildman–Crippen MR) is 78.1 cm³/mol. The summed E-state index contributed by atoms with van der Waals surface area (Å²) in [5.41, 5.74) is 2.24. The number of hydrogen-bond acceptors (Lipinski definition) is 3. The molecule has 1 aromatic heterocycles. The second-order valence-corrected chi connectivity index (χ2v) is 5.33. The minimum Gasteiger partial charge on any atom is -0.382 e.